The third kappa shape index (κ3) is 4.36. The first-order valence-corrected chi connectivity index (χ1v) is 9.06. The maximum Gasteiger partial charge on any atom is 0.339 e. The van der Waals surface area contributed by atoms with Crippen LogP contribution in [-0.4, -0.2) is 48.7 Å². The van der Waals surface area contributed by atoms with Crippen LogP contribution in [0.2, 0.25) is 0 Å². The SMILES string of the molecule is CCOC(=O)c1ccc(N2CCCN(c3ccc(F)cc3[N+](=O)[O-])CC2)nc1. The van der Waals surface area contributed by atoms with Crippen molar-refractivity contribution >= 4 is 23.2 Å². The van der Waals surface area contributed by atoms with Crippen LogP contribution in [0.4, 0.5) is 21.6 Å². The fraction of sp³-hybridized carbons (Fsp3) is 0.368. The minimum atomic E-state index is -0.627. The van der Waals surface area contributed by atoms with Crippen LogP contribution in [0.15, 0.2) is 36.5 Å². The Kier molecular flexibility index (Phi) is 6.03. The molecule has 0 unspecified atom stereocenters. The molecule has 0 saturated carbocycles. The fourth-order valence-corrected chi connectivity index (χ4v) is 3.21. The number of ether oxygens (including phenoxy) is 1. The molecule has 1 aromatic carbocycles. The van der Waals surface area contributed by atoms with Crippen molar-refractivity contribution in [2.75, 3.05) is 42.6 Å². The molecule has 1 aliphatic rings. The van der Waals surface area contributed by atoms with Gasteiger partial charge in [-0.1, -0.05) is 0 Å². The number of rotatable bonds is 5. The Morgan fingerprint density at radius 1 is 1.21 bits per heavy atom. The molecular weight excluding hydrogens is 367 g/mol. The molecule has 148 valence electrons. The van der Waals surface area contributed by atoms with E-state index in [9.17, 15) is 19.3 Å². The van der Waals surface area contributed by atoms with Gasteiger partial charge in [-0.2, -0.15) is 0 Å². The number of esters is 1. The van der Waals surface area contributed by atoms with Crippen LogP contribution in [0.3, 0.4) is 0 Å². The molecule has 1 aliphatic heterocycles. The normalized spacial score (nSPS) is 14.5. The number of benzene rings is 1. The average Bonchev–Trinajstić information content (AvgIpc) is 2.94. The van der Waals surface area contributed by atoms with Crippen LogP contribution in [0.5, 0.6) is 0 Å². The van der Waals surface area contributed by atoms with E-state index in [1.54, 1.807) is 19.1 Å². The number of nitrogens with zero attached hydrogens (tertiary/aromatic N) is 4. The van der Waals surface area contributed by atoms with E-state index in [0.717, 1.165) is 24.8 Å². The molecule has 9 heteroatoms. The van der Waals surface area contributed by atoms with Gasteiger partial charge in [0.25, 0.3) is 5.69 Å². The number of pyridine rings is 1. The van der Waals surface area contributed by atoms with Crippen molar-refractivity contribution in [2.24, 2.45) is 0 Å². The molecule has 0 bridgehead atoms. The quantitative estimate of drug-likeness (QED) is 0.442. The minimum Gasteiger partial charge on any atom is -0.462 e. The first kappa shape index (κ1) is 19.5. The van der Waals surface area contributed by atoms with Crippen molar-refractivity contribution in [3.63, 3.8) is 0 Å². The van der Waals surface area contributed by atoms with Gasteiger partial charge in [-0.05, 0) is 37.6 Å². The molecule has 2 heterocycles. The van der Waals surface area contributed by atoms with E-state index in [1.807, 2.05) is 4.90 Å². The molecule has 3 rings (SSSR count). The number of hydrogen-bond donors (Lipinski definition) is 0. The summed E-state index contributed by atoms with van der Waals surface area (Å²) in [5.41, 5.74) is 0.577. The van der Waals surface area contributed by atoms with E-state index >= 15 is 0 Å². The Morgan fingerprint density at radius 2 is 1.96 bits per heavy atom. The molecule has 0 radical (unpaired) electrons. The second kappa shape index (κ2) is 8.64. The average molecular weight is 388 g/mol. The molecule has 0 amide bonds. The van der Waals surface area contributed by atoms with Crippen molar-refractivity contribution in [3.8, 4) is 0 Å². The maximum absolute atomic E-state index is 13.4. The van der Waals surface area contributed by atoms with E-state index in [4.69, 9.17) is 4.74 Å². The molecule has 0 N–H and O–H groups in total. The Labute approximate surface area is 161 Å². The first-order chi connectivity index (χ1) is 13.5. The monoisotopic (exact) mass is 388 g/mol. The summed E-state index contributed by atoms with van der Waals surface area (Å²) in [7, 11) is 0. The molecule has 0 spiro atoms. The zero-order valence-corrected chi connectivity index (χ0v) is 15.5. The lowest BCUT2D eigenvalue weighted by molar-refractivity contribution is -0.384. The van der Waals surface area contributed by atoms with Gasteiger partial charge in [0, 0.05) is 32.4 Å². The van der Waals surface area contributed by atoms with Gasteiger partial charge in [0.15, 0.2) is 0 Å². The van der Waals surface area contributed by atoms with Gasteiger partial charge >= 0.3 is 5.97 Å². The third-order valence-corrected chi connectivity index (χ3v) is 4.55. The summed E-state index contributed by atoms with van der Waals surface area (Å²) in [6, 6.07) is 7.08. The predicted octanol–water partition coefficient (Wildman–Crippen LogP) is 3.02. The number of anilines is 2. The Balaban J connectivity index is 1.72. The van der Waals surface area contributed by atoms with Crippen molar-refractivity contribution in [3.05, 3.63) is 58.0 Å². The zero-order chi connectivity index (χ0) is 20.1. The van der Waals surface area contributed by atoms with Crippen LogP contribution in [0.1, 0.15) is 23.7 Å². The standard InChI is InChI=1S/C19H21FN4O4/c1-2-28-19(25)14-4-7-18(21-13-14)23-9-3-8-22(10-11-23)16-6-5-15(20)12-17(16)24(26)27/h4-7,12-13H,2-3,8-11H2,1H3. The number of aromatic nitrogens is 1. The Bertz CT molecular complexity index is 860. The fourth-order valence-electron chi connectivity index (χ4n) is 3.21. The summed E-state index contributed by atoms with van der Waals surface area (Å²) < 4.78 is 18.4. The van der Waals surface area contributed by atoms with E-state index in [-0.39, 0.29) is 5.69 Å². The lowest BCUT2D eigenvalue weighted by Gasteiger charge is -2.24. The predicted molar refractivity (Wildman–Crippen MR) is 102 cm³/mol. The lowest BCUT2D eigenvalue weighted by atomic mass is 10.2. The molecule has 0 atom stereocenters. The molecule has 2 aromatic rings. The highest BCUT2D eigenvalue weighted by Gasteiger charge is 2.23. The van der Waals surface area contributed by atoms with Gasteiger partial charge in [0.05, 0.1) is 23.2 Å². The van der Waals surface area contributed by atoms with Crippen LogP contribution in [0.25, 0.3) is 0 Å². The smallest absolute Gasteiger partial charge is 0.339 e. The Hall–Kier alpha value is -3.23. The number of halogens is 1. The topological polar surface area (TPSA) is 88.8 Å². The summed E-state index contributed by atoms with van der Waals surface area (Å²) in [5.74, 6) is -0.312. The van der Waals surface area contributed by atoms with Crippen molar-refractivity contribution in [2.45, 2.75) is 13.3 Å². The number of hydrogen-bond acceptors (Lipinski definition) is 7. The Morgan fingerprint density at radius 3 is 2.64 bits per heavy atom. The van der Waals surface area contributed by atoms with Gasteiger partial charge in [-0.15, -0.1) is 0 Å². The number of nitro benzene ring substituents is 1. The summed E-state index contributed by atoms with van der Waals surface area (Å²) in [4.78, 5) is 30.8. The summed E-state index contributed by atoms with van der Waals surface area (Å²) >= 11 is 0. The van der Waals surface area contributed by atoms with Crippen LogP contribution in [-0.2, 0) is 4.74 Å². The highest BCUT2D eigenvalue weighted by Crippen LogP contribution is 2.30. The van der Waals surface area contributed by atoms with Crippen LogP contribution in [0, 0.1) is 15.9 Å². The second-order valence-corrected chi connectivity index (χ2v) is 6.34. The van der Waals surface area contributed by atoms with E-state index in [1.165, 1.54) is 18.3 Å². The van der Waals surface area contributed by atoms with Gasteiger partial charge in [-0.3, -0.25) is 10.1 Å². The van der Waals surface area contributed by atoms with E-state index in [0.29, 0.717) is 37.5 Å². The van der Waals surface area contributed by atoms with E-state index < -0.39 is 16.7 Å². The number of nitro groups is 1. The van der Waals surface area contributed by atoms with Gasteiger partial charge in [-0.25, -0.2) is 14.2 Å². The summed E-state index contributed by atoms with van der Waals surface area (Å²) in [6.45, 7) is 4.52. The summed E-state index contributed by atoms with van der Waals surface area (Å²) in [6.07, 6.45) is 2.25. The van der Waals surface area contributed by atoms with Crippen LogP contribution < -0.4 is 9.80 Å². The van der Waals surface area contributed by atoms with Crippen molar-refractivity contribution in [1.82, 2.24) is 4.98 Å². The van der Waals surface area contributed by atoms with Crippen LogP contribution >= 0.6 is 0 Å². The molecule has 8 nitrogen and oxygen atoms in total. The number of carbonyl (C=O) groups is 1. The largest absolute Gasteiger partial charge is 0.462 e. The zero-order valence-electron chi connectivity index (χ0n) is 15.5. The van der Waals surface area contributed by atoms with Gasteiger partial charge in [0.1, 0.15) is 17.3 Å². The molecular formula is C19H21FN4O4. The molecule has 1 fully saturated rings. The van der Waals surface area contributed by atoms with E-state index in [2.05, 4.69) is 9.88 Å². The minimum absolute atomic E-state index is 0.231. The lowest BCUT2D eigenvalue weighted by Crippen LogP contribution is -2.31. The molecule has 28 heavy (non-hydrogen) atoms. The van der Waals surface area contributed by atoms with Gasteiger partial charge in [0.2, 0.25) is 0 Å². The van der Waals surface area contributed by atoms with Crippen molar-refractivity contribution < 1.29 is 18.8 Å². The maximum atomic E-state index is 13.4. The third-order valence-electron chi connectivity index (χ3n) is 4.55. The van der Waals surface area contributed by atoms with Gasteiger partial charge < -0.3 is 14.5 Å². The number of carbonyl (C=O) groups excluding carboxylic acids is 1. The molecule has 0 aliphatic carbocycles. The highest BCUT2D eigenvalue weighted by atomic mass is 19.1. The summed E-state index contributed by atoms with van der Waals surface area (Å²) in [5, 5.41) is 11.3. The van der Waals surface area contributed by atoms with Crippen molar-refractivity contribution in [1.29, 1.82) is 0 Å². The molecule has 1 saturated heterocycles. The highest BCUT2D eigenvalue weighted by molar-refractivity contribution is 5.89. The second-order valence-electron chi connectivity index (χ2n) is 6.34. The first-order valence-electron chi connectivity index (χ1n) is 9.06. The molecule has 1 aromatic heterocycles.